The number of aliphatic hydroxyl groups excluding tert-OH is 1. The normalized spacial score (nSPS) is 25.6. The van der Waals surface area contributed by atoms with Gasteiger partial charge in [0, 0.05) is 31.9 Å². The predicted octanol–water partition coefficient (Wildman–Crippen LogP) is 5.21. The highest BCUT2D eigenvalue weighted by Gasteiger charge is 2.48. The van der Waals surface area contributed by atoms with Crippen molar-refractivity contribution < 1.29 is 34.1 Å². The third-order valence-corrected chi connectivity index (χ3v) is 10.9. The lowest BCUT2D eigenvalue weighted by Crippen LogP contribution is -2.64. The molecule has 0 radical (unpaired) electrons. The standard InChI is InChI=1S/C37H55N3O6/c1-2-10-36(38-24-34(43)29-15-16-33(42)32(23-29)39-27-41)45-22-9-8-19-40-20-17-28(18-21-40)35(25-40)46-26-37(44,31-13-6-7-14-31)30-11-4-3-5-12-30/h3-5,11-12,15-16,23,27-28,31,34-36,38,43-44H,2,6-10,13-14,17-22,24-26H2,1H3,(H-,39,41,42)/p+1/t28?,34-,35-,36?,37+,40?/m0/s1. The Labute approximate surface area is 274 Å². The van der Waals surface area contributed by atoms with Crippen LogP contribution in [0, 0.1) is 11.8 Å². The van der Waals surface area contributed by atoms with Gasteiger partial charge in [0.2, 0.25) is 6.41 Å². The zero-order chi connectivity index (χ0) is 32.4. The summed E-state index contributed by atoms with van der Waals surface area (Å²) in [6.45, 7) is 8.08. The van der Waals surface area contributed by atoms with Crippen LogP contribution < -0.4 is 10.6 Å². The Hall–Kier alpha value is -2.53. The van der Waals surface area contributed by atoms with Crippen LogP contribution in [-0.2, 0) is 19.9 Å². The zero-order valence-electron chi connectivity index (χ0n) is 27.6. The number of carbonyl (C=O) groups excluding carboxylic acids is 1. The number of rotatable bonds is 19. The number of hydrogen-bond donors (Lipinski definition) is 5. The molecule has 4 fully saturated rings. The third-order valence-electron chi connectivity index (χ3n) is 10.9. The maximum Gasteiger partial charge on any atom is 0.211 e. The summed E-state index contributed by atoms with van der Waals surface area (Å²) in [7, 11) is 0. The minimum atomic E-state index is -0.911. The summed E-state index contributed by atoms with van der Waals surface area (Å²) in [5, 5.41) is 38.4. The van der Waals surface area contributed by atoms with Crippen molar-refractivity contribution in [3.05, 3.63) is 59.7 Å². The van der Waals surface area contributed by atoms with E-state index in [0.29, 0.717) is 37.6 Å². The van der Waals surface area contributed by atoms with Crippen LogP contribution in [0.15, 0.2) is 48.5 Å². The van der Waals surface area contributed by atoms with Gasteiger partial charge in [-0.05, 0) is 61.3 Å². The van der Waals surface area contributed by atoms with E-state index >= 15 is 0 Å². The van der Waals surface area contributed by atoms with E-state index in [0.717, 1.165) is 61.7 Å². The van der Waals surface area contributed by atoms with Gasteiger partial charge in [-0.2, -0.15) is 0 Å². The number of unbranched alkanes of at least 4 members (excludes halogenated alkanes) is 1. The van der Waals surface area contributed by atoms with Crippen LogP contribution in [0.5, 0.6) is 5.75 Å². The number of phenolic OH excluding ortho intramolecular Hbond substituents is 1. The highest BCUT2D eigenvalue weighted by molar-refractivity contribution is 5.75. The molecule has 1 aliphatic carbocycles. The van der Waals surface area contributed by atoms with E-state index in [9.17, 15) is 20.1 Å². The maximum atomic E-state index is 12.0. The van der Waals surface area contributed by atoms with Crippen LogP contribution in [0.4, 0.5) is 5.69 Å². The number of quaternary nitrogens is 1. The average molecular weight is 639 g/mol. The number of piperidine rings is 3. The van der Waals surface area contributed by atoms with Gasteiger partial charge >= 0.3 is 0 Å². The van der Waals surface area contributed by atoms with Crippen LogP contribution in [0.3, 0.4) is 0 Å². The first-order valence-electron chi connectivity index (χ1n) is 17.7. The van der Waals surface area contributed by atoms with Crippen LogP contribution in [0.25, 0.3) is 0 Å². The van der Waals surface area contributed by atoms with E-state index in [2.05, 4.69) is 29.7 Å². The number of fused-ring (bicyclic) bond motifs is 3. The van der Waals surface area contributed by atoms with E-state index in [-0.39, 0.29) is 29.7 Å². The number of ether oxygens (including phenoxy) is 2. The van der Waals surface area contributed by atoms with Crippen molar-refractivity contribution in [2.45, 2.75) is 95.2 Å². The average Bonchev–Trinajstić information content (AvgIpc) is 3.64. The minimum Gasteiger partial charge on any atom is -0.506 e. The lowest BCUT2D eigenvalue weighted by molar-refractivity contribution is -0.946. The summed E-state index contributed by atoms with van der Waals surface area (Å²) in [5.41, 5.74) is 0.965. The Morgan fingerprint density at radius 1 is 1.07 bits per heavy atom. The second-order valence-electron chi connectivity index (χ2n) is 14.0. The van der Waals surface area contributed by atoms with Crippen molar-refractivity contribution in [1.29, 1.82) is 0 Å². The Kier molecular flexibility index (Phi) is 12.5. The quantitative estimate of drug-likeness (QED) is 0.0471. The van der Waals surface area contributed by atoms with Gasteiger partial charge in [0.15, 0.2) is 0 Å². The third kappa shape index (κ3) is 8.68. The molecular formula is C37H56N3O6+. The zero-order valence-corrected chi connectivity index (χ0v) is 27.6. The molecule has 0 spiro atoms. The molecule has 3 aliphatic heterocycles. The molecule has 46 heavy (non-hydrogen) atoms. The number of anilines is 1. The predicted molar refractivity (Wildman–Crippen MR) is 179 cm³/mol. The Bertz CT molecular complexity index is 1220. The summed E-state index contributed by atoms with van der Waals surface area (Å²) in [4.78, 5) is 10.8. The van der Waals surface area contributed by atoms with Gasteiger partial charge in [0.1, 0.15) is 30.2 Å². The molecule has 4 aliphatic rings. The van der Waals surface area contributed by atoms with Gasteiger partial charge in [-0.15, -0.1) is 0 Å². The highest BCUT2D eigenvalue weighted by atomic mass is 16.5. The number of carbonyl (C=O) groups is 1. The van der Waals surface area contributed by atoms with Gasteiger partial charge in [0.25, 0.3) is 0 Å². The molecule has 1 saturated carbocycles. The molecule has 5 N–H and O–H groups in total. The molecule has 2 bridgehead atoms. The first-order chi connectivity index (χ1) is 22.4. The van der Waals surface area contributed by atoms with Crippen molar-refractivity contribution in [2.75, 3.05) is 51.3 Å². The fourth-order valence-electron chi connectivity index (χ4n) is 8.11. The SMILES string of the molecule is CCCC(NC[C@H](O)c1ccc(O)c(NC=O)c1)OCCCC[N+]12CCC(CC1)[C@@H](OC[C@@](O)(c1ccccc1)C1CCCC1)C2. The topological polar surface area (TPSA) is 120 Å². The number of amides is 1. The van der Waals surface area contributed by atoms with Crippen LogP contribution in [-0.4, -0.2) is 84.5 Å². The van der Waals surface area contributed by atoms with Gasteiger partial charge < -0.3 is 34.6 Å². The minimum absolute atomic E-state index is 0.0414. The Morgan fingerprint density at radius 2 is 1.83 bits per heavy atom. The molecule has 9 nitrogen and oxygen atoms in total. The summed E-state index contributed by atoms with van der Waals surface area (Å²) < 4.78 is 14.1. The lowest BCUT2D eigenvalue weighted by atomic mass is 9.80. The number of nitrogens with zero attached hydrogens (tertiary/aromatic N) is 1. The largest absolute Gasteiger partial charge is 0.506 e. The van der Waals surface area contributed by atoms with Gasteiger partial charge in [-0.3, -0.25) is 10.1 Å². The first-order valence-corrected chi connectivity index (χ1v) is 17.7. The van der Waals surface area contributed by atoms with E-state index in [1.807, 2.05) is 18.2 Å². The maximum absolute atomic E-state index is 12.0. The summed E-state index contributed by atoms with van der Waals surface area (Å²) in [5.74, 6) is 0.817. The van der Waals surface area contributed by atoms with Crippen LogP contribution >= 0.6 is 0 Å². The Morgan fingerprint density at radius 3 is 2.54 bits per heavy atom. The number of aromatic hydroxyl groups is 1. The van der Waals surface area contributed by atoms with Crippen LogP contribution in [0.2, 0.25) is 0 Å². The van der Waals surface area contributed by atoms with Gasteiger partial charge in [-0.25, -0.2) is 0 Å². The van der Waals surface area contributed by atoms with E-state index < -0.39 is 11.7 Å². The van der Waals surface area contributed by atoms with E-state index in [4.69, 9.17) is 9.47 Å². The number of hydrogen-bond acceptors (Lipinski definition) is 7. The number of benzene rings is 2. The van der Waals surface area contributed by atoms with Crippen molar-refractivity contribution in [3.63, 3.8) is 0 Å². The van der Waals surface area contributed by atoms with E-state index in [1.165, 1.54) is 44.8 Å². The van der Waals surface area contributed by atoms with Crippen molar-refractivity contribution in [1.82, 2.24) is 5.32 Å². The molecule has 254 valence electrons. The van der Waals surface area contributed by atoms with E-state index in [1.54, 1.807) is 12.1 Å². The highest BCUT2D eigenvalue weighted by Crippen LogP contribution is 2.42. The summed E-state index contributed by atoms with van der Waals surface area (Å²) in [6.07, 6.45) is 10.6. The lowest BCUT2D eigenvalue weighted by Gasteiger charge is -2.53. The molecule has 3 heterocycles. The molecule has 4 atom stereocenters. The molecule has 1 unspecified atom stereocenters. The second kappa shape index (κ2) is 16.5. The number of aliphatic hydroxyl groups is 2. The van der Waals surface area contributed by atoms with Crippen molar-refractivity contribution in [2.24, 2.45) is 11.8 Å². The molecule has 2 aromatic carbocycles. The number of nitrogens with one attached hydrogen (secondary N) is 2. The molecule has 0 aromatic heterocycles. The number of phenols is 1. The second-order valence-corrected chi connectivity index (χ2v) is 14.0. The van der Waals surface area contributed by atoms with Gasteiger partial charge in [0.05, 0.1) is 38.0 Å². The smallest absolute Gasteiger partial charge is 0.211 e. The summed E-state index contributed by atoms with van der Waals surface area (Å²) in [6, 6.07) is 14.9. The fourth-order valence-corrected chi connectivity index (χ4v) is 8.11. The van der Waals surface area contributed by atoms with Crippen LogP contribution in [0.1, 0.15) is 88.4 Å². The van der Waals surface area contributed by atoms with Crippen molar-refractivity contribution >= 4 is 12.1 Å². The molecule has 9 heteroatoms. The summed E-state index contributed by atoms with van der Waals surface area (Å²) >= 11 is 0. The molecule has 2 aromatic rings. The Balaban J connectivity index is 1.07. The fraction of sp³-hybridized carbons (Fsp3) is 0.649. The monoisotopic (exact) mass is 638 g/mol. The first kappa shape index (κ1) is 34.8. The molecule has 3 saturated heterocycles. The molecule has 1 amide bonds. The molecule has 6 rings (SSSR count). The van der Waals surface area contributed by atoms with Crippen molar-refractivity contribution in [3.8, 4) is 5.75 Å². The van der Waals surface area contributed by atoms with Gasteiger partial charge in [-0.1, -0.05) is 62.6 Å². The molecular weight excluding hydrogens is 582 g/mol.